The average Bonchev–Trinajstić information content (AvgIpc) is 2.34. The van der Waals surface area contributed by atoms with Crippen LogP contribution in [0.1, 0.15) is 22.7 Å². The molecule has 102 valence electrons. The Morgan fingerprint density at radius 1 is 1.28 bits per heavy atom. The van der Waals surface area contributed by atoms with Gasteiger partial charge >= 0.3 is 0 Å². The van der Waals surface area contributed by atoms with Crippen molar-refractivity contribution in [1.29, 1.82) is 0 Å². The second-order valence-corrected chi connectivity index (χ2v) is 4.84. The summed E-state index contributed by atoms with van der Waals surface area (Å²) in [5.41, 5.74) is 3.82. The molecule has 0 aliphatic carbocycles. The number of halogens is 1. The molecule has 4 heteroatoms. The third-order valence-electron chi connectivity index (χ3n) is 3.55. The monoisotopic (exact) mass is 270 g/mol. The van der Waals surface area contributed by atoms with Gasteiger partial charge in [-0.2, -0.15) is 0 Å². The fourth-order valence-corrected chi connectivity index (χ4v) is 2.60. The number of aliphatic hydroxyl groups excluding tert-OH is 1. The van der Waals surface area contributed by atoms with E-state index in [1.54, 1.807) is 0 Å². The first-order valence-electron chi connectivity index (χ1n) is 6.35. The summed E-state index contributed by atoms with van der Waals surface area (Å²) in [6, 6.07) is 6.64. The third-order valence-corrected chi connectivity index (χ3v) is 3.55. The summed E-state index contributed by atoms with van der Waals surface area (Å²) in [6.07, 6.45) is 0. The molecule has 0 bridgehead atoms. The molecule has 1 atom stereocenters. The first-order valence-corrected chi connectivity index (χ1v) is 6.35. The maximum atomic E-state index is 9.66. The highest BCUT2D eigenvalue weighted by molar-refractivity contribution is 5.85. The molecule has 1 saturated heterocycles. The number of piperazine rings is 1. The molecule has 2 N–H and O–H groups in total. The van der Waals surface area contributed by atoms with Gasteiger partial charge in [0.15, 0.2) is 0 Å². The number of nitrogens with one attached hydrogen (secondary N) is 1. The van der Waals surface area contributed by atoms with Gasteiger partial charge in [0.05, 0.1) is 12.6 Å². The van der Waals surface area contributed by atoms with Crippen LogP contribution in [0.5, 0.6) is 0 Å². The number of aliphatic hydroxyl groups is 1. The average molecular weight is 271 g/mol. The zero-order chi connectivity index (χ0) is 12.3. The maximum absolute atomic E-state index is 9.66. The highest BCUT2D eigenvalue weighted by Gasteiger charge is 2.22. The van der Waals surface area contributed by atoms with Gasteiger partial charge in [-0.25, -0.2) is 0 Å². The topological polar surface area (TPSA) is 35.5 Å². The van der Waals surface area contributed by atoms with Gasteiger partial charge in [0.2, 0.25) is 0 Å². The molecule has 1 aliphatic heterocycles. The first-order chi connectivity index (χ1) is 8.22. The van der Waals surface area contributed by atoms with Crippen molar-refractivity contribution in [2.24, 2.45) is 0 Å². The van der Waals surface area contributed by atoms with Crippen molar-refractivity contribution in [2.75, 3.05) is 32.8 Å². The molecule has 0 aromatic heterocycles. The summed E-state index contributed by atoms with van der Waals surface area (Å²) in [5.74, 6) is 0. The number of nitrogens with zero attached hydrogens (tertiary/aromatic N) is 1. The van der Waals surface area contributed by atoms with E-state index in [0.717, 1.165) is 26.2 Å². The van der Waals surface area contributed by atoms with Gasteiger partial charge in [0.25, 0.3) is 0 Å². The standard InChI is InChI=1S/C14H22N2O.ClH/c1-11-3-4-13(12(2)9-11)14(10-17)16-7-5-15-6-8-16;/h3-4,9,14-15,17H,5-8,10H2,1-2H3;1H/t14-;/m1./s1. The van der Waals surface area contributed by atoms with Gasteiger partial charge < -0.3 is 10.4 Å². The lowest BCUT2D eigenvalue weighted by atomic mass is 9.98. The Bertz CT molecular complexity index is 378. The number of hydrogen-bond acceptors (Lipinski definition) is 3. The van der Waals surface area contributed by atoms with Crippen LogP contribution in [0, 0.1) is 13.8 Å². The minimum Gasteiger partial charge on any atom is -0.394 e. The highest BCUT2D eigenvalue weighted by atomic mass is 35.5. The molecular weight excluding hydrogens is 248 g/mol. The Kier molecular flexibility index (Phi) is 6.09. The van der Waals surface area contributed by atoms with E-state index in [-0.39, 0.29) is 25.1 Å². The van der Waals surface area contributed by atoms with E-state index in [9.17, 15) is 5.11 Å². The Hall–Kier alpha value is -0.610. The lowest BCUT2D eigenvalue weighted by Crippen LogP contribution is -2.46. The quantitative estimate of drug-likeness (QED) is 0.877. The molecule has 18 heavy (non-hydrogen) atoms. The van der Waals surface area contributed by atoms with E-state index >= 15 is 0 Å². The van der Waals surface area contributed by atoms with E-state index < -0.39 is 0 Å². The fraction of sp³-hybridized carbons (Fsp3) is 0.571. The Labute approximate surface area is 116 Å². The largest absolute Gasteiger partial charge is 0.394 e. The van der Waals surface area contributed by atoms with E-state index in [1.807, 2.05) is 0 Å². The Morgan fingerprint density at radius 2 is 1.94 bits per heavy atom. The van der Waals surface area contributed by atoms with Crippen LogP contribution in [-0.2, 0) is 0 Å². The van der Waals surface area contributed by atoms with Crippen LogP contribution in [0.25, 0.3) is 0 Å². The minimum atomic E-state index is 0. The lowest BCUT2D eigenvalue weighted by Gasteiger charge is -2.34. The van der Waals surface area contributed by atoms with Crippen molar-refractivity contribution in [3.63, 3.8) is 0 Å². The molecule has 0 unspecified atom stereocenters. The SMILES string of the molecule is Cc1ccc([C@@H](CO)N2CCNCC2)c(C)c1.Cl. The zero-order valence-electron chi connectivity index (χ0n) is 11.1. The van der Waals surface area contributed by atoms with E-state index in [1.165, 1.54) is 16.7 Å². The third kappa shape index (κ3) is 3.45. The van der Waals surface area contributed by atoms with Gasteiger partial charge in [-0.05, 0) is 25.0 Å². The molecule has 3 nitrogen and oxygen atoms in total. The highest BCUT2D eigenvalue weighted by Crippen LogP contribution is 2.24. The second kappa shape index (κ2) is 7.10. The van der Waals surface area contributed by atoms with Crippen LogP contribution in [0.15, 0.2) is 18.2 Å². The zero-order valence-corrected chi connectivity index (χ0v) is 12.0. The van der Waals surface area contributed by atoms with Gasteiger partial charge in [0, 0.05) is 26.2 Å². The minimum absolute atomic E-state index is 0. The molecule has 0 radical (unpaired) electrons. The summed E-state index contributed by atoms with van der Waals surface area (Å²) in [7, 11) is 0. The molecular formula is C14H23ClN2O. The van der Waals surface area contributed by atoms with Crippen molar-refractivity contribution in [1.82, 2.24) is 10.2 Å². The van der Waals surface area contributed by atoms with Crippen molar-refractivity contribution in [3.05, 3.63) is 34.9 Å². The van der Waals surface area contributed by atoms with Crippen molar-refractivity contribution in [2.45, 2.75) is 19.9 Å². The summed E-state index contributed by atoms with van der Waals surface area (Å²) in [6.45, 7) is 8.49. The van der Waals surface area contributed by atoms with Gasteiger partial charge in [0.1, 0.15) is 0 Å². The Morgan fingerprint density at radius 3 is 2.50 bits per heavy atom. The van der Waals surface area contributed by atoms with E-state index in [0.29, 0.717) is 0 Å². The number of rotatable bonds is 3. The number of benzene rings is 1. The predicted octanol–water partition coefficient (Wildman–Crippen LogP) is 1.66. The molecule has 0 spiro atoms. The summed E-state index contributed by atoms with van der Waals surface area (Å²) in [5, 5.41) is 13.0. The molecule has 2 rings (SSSR count). The van der Waals surface area contributed by atoms with Crippen molar-refractivity contribution >= 4 is 12.4 Å². The van der Waals surface area contributed by atoms with Crippen LogP contribution in [0.3, 0.4) is 0 Å². The molecule has 0 amide bonds. The molecule has 1 aromatic rings. The van der Waals surface area contributed by atoms with Crippen LogP contribution < -0.4 is 5.32 Å². The molecule has 0 saturated carbocycles. The fourth-order valence-electron chi connectivity index (χ4n) is 2.60. The van der Waals surface area contributed by atoms with Crippen LogP contribution in [0.2, 0.25) is 0 Å². The summed E-state index contributed by atoms with van der Waals surface area (Å²) in [4.78, 5) is 2.37. The predicted molar refractivity (Wildman–Crippen MR) is 77.4 cm³/mol. The Balaban J connectivity index is 0.00000162. The second-order valence-electron chi connectivity index (χ2n) is 4.84. The van der Waals surface area contributed by atoms with Crippen LogP contribution in [0.4, 0.5) is 0 Å². The van der Waals surface area contributed by atoms with Gasteiger partial charge in [-0.1, -0.05) is 23.8 Å². The molecule has 1 fully saturated rings. The summed E-state index contributed by atoms with van der Waals surface area (Å²) < 4.78 is 0. The van der Waals surface area contributed by atoms with E-state index in [4.69, 9.17) is 0 Å². The molecule has 1 heterocycles. The van der Waals surface area contributed by atoms with Gasteiger partial charge in [-0.15, -0.1) is 12.4 Å². The molecule has 1 aliphatic rings. The first kappa shape index (κ1) is 15.4. The van der Waals surface area contributed by atoms with Crippen molar-refractivity contribution < 1.29 is 5.11 Å². The van der Waals surface area contributed by atoms with Crippen molar-refractivity contribution in [3.8, 4) is 0 Å². The number of hydrogen-bond donors (Lipinski definition) is 2. The smallest absolute Gasteiger partial charge is 0.0628 e. The molecule has 1 aromatic carbocycles. The van der Waals surface area contributed by atoms with Crippen LogP contribution >= 0.6 is 12.4 Å². The van der Waals surface area contributed by atoms with Gasteiger partial charge in [-0.3, -0.25) is 4.90 Å². The maximum Gasteiger partial charge on any atom is 0.0628 e. The van der Waals surface area contributed by atoms with Crippen LogP contribution in [-0.4, -0.2) is 42.8 Å². The normalized spacial score (nSPS) is 18.2. The summed E-state index contributed by atoms with van der Waals surface area (Å²) >= 11 is 0. The lowest BCUT2D eigenvalue weighted by molar-refractivity contribution is 0.110. The number of aryl methyl sites for hydroxylation is 2. The van der Waals surface area contributed by atoms with E-state index in [2.05, 4.69) is 42.3 Å².